The number of nitrogens with one attached hydrogen (secondary N) is 1. The number of carbonyl (C=O) groups is 2. The lowest BCUT2D eigenvalue weighted by molar-refractivity contribution is -0.130. The van der Waals surface area contributed by atoms with Crippen LogP contribution in [0.15, 0.2) is 17.6 Å². The van der Waals surface area contributed by atoms with Gasteiger partial charge in [0.1, 0.15) is 0 Å². The number of nitrogens with zero attached hydrogens (tertiary/aromatic N) is 3. The van der Waals surface area contributed by atoms with E-state index in [1.165, 1.54) is 11.8 Å². The molecule has 0 unspecified atom stereocenters. The van der Waals surface area contributed by atoms with Crippen molar-refractivity contribution in [1.29, 1.82) is 0 Å². The zero-order chi connectivity index (χ0) is 15.2. The standard InChI is InChI=1S/C14H20N4O2S/c1-10-7-15-14(16-8-10)21-9-13(20)17-12-3-5-18(6-4-12)11(2)19/h7-8,12H,3-6,9H2,1-2H3,(H,17,20). The van der Waals surface area contributed by atoms with E-state index in [1.807, 2.05) is 11.8 Å². The molecule has 1 aromatic rings. The summed E-state index contributed by atoms with van der Waals surface area (Å²) in [5, 5.41) is 3.62. The fraction of sp³-hybridized carbons (Fsp3) is 0.571. The van der Waals surface area contributed by atoms with Gasteiger partial charge in [-0.3, -0.25) is 9.59 Å². The summed E-state index contributed by atoms with van der Waals surface area (Å²) in [4.78, 5) is 33.3. The molecule has 7 heteroatoms. The number of amides is 2. The molecule has 0 radical (unpaired) electrons. The van der Waals surface area contributed by atoms with Crippen LogP contribution in [-0.2, 0) is 9.59 Å². The highest BCUT2D eigenvalue weighted by Gasteiger charge is 2.21. The molecular formula is C14H20N4O2S. The van der Waals surface area contributed by atoms with Crippen LogP contribution >= 0.6 is 11.8 Å². The van der Waals surface area contributed by atoms with Gasteiger partial charge >= 0.3 is 0 Å². The molecule has 0 saturated carbocycles. The summed E-state index contributed by atoms with van der Waals surface area (Å²) in [5.74, 6) is 0.410. The van der Waals surface area contributed by atoms with Gasteiger partial charge < -0.3 is 10.2 Å². The molecule has 2 rings (SSSR count). The molecule has 0 atom stereocenters. The molecule has 0 aliphatic carbocycles. The summed E-state index contributed by atoms with van der Waals surface area (Å²) in [7, 11) is 0. The molecule has 0 spiro atoms. The van der Waals surface area contributed by atoms with E-state index in [4.69, 9.17) is 0 Å². The fourth-order valence-corrected chi connectivity index (χ4v) is 2.79. The van der Waals surface area contributed by atoms with Crippen LogP contribution in [-0.4, -0.2) is 51.6 Å². The summed E-state index contributed by atoms with van der Waals surface area (Å²) < 4.78 is 0. The van der Waals surface area contributed by atoms with Gasteiger partial charge in [0.05, 0.1) is 5.75 Å². The summed E-state index contributed by atoms with van der Waals surface area (Å²) >= 11 is 1.33. The van der Waals surface area contributed by atoms with E-state index in [1.54, 1.807) is 19.3 Å². The minimum absolute atomic E-state index is 0.00884. The molecule has 114 valence electrons. The third kappa shape index (κ3) is 5.00. The van der Waals surface area contributed by atoms with E-state index >= 15 is 0 Å². The van der Waals surface area contributed by atoms with Crippen molar-refractivity contribution in [2.45, 2.75) is 37.9 Å². The molecule has 1 saturated heterocycles. The molecule has 2 amide bonds. The Morgan fingerprint density at radius 2 is 1.95 bits per heavy atom. The van der Waals surface area contributed by atoms with Gasteiger partial charge in [-0.05, 0) is 25.3 Å². The second-order valence-electron chi connectivity index (χ2n) is 5.18. The molecule has 1 aliphatic rings. The number of carbonyl (C=O) groups excluding carboxylic acids is 2. The zero-order valence-corrected chi connectivity index (χ0v) is 13.2. The molecule has 1 N–H and O–H groups in total. The van der Waals surface area contributed by atoms with Crippen LogP contribution < -0.4 is 5.32 Å². The largest absolute Gasteiger partial charge is 0.353 e. The normalized spacial score (nSPS) is 15.8. The summed E-state index contributed by atoms with van der Waals surface area (Å²) in [6.07, 6.45) is 5.11. The van der Waals surface area contributed by atoms with Crippen molar-refractivity contribution in [1.82, 2.24) is 20.2 Å². The highest BCUT2D eigenvalue weighted by Crippen LogP contribution is 2.13. The predicted octanol–water partition coefficient (Wildman–Crippen LogP) is 1.00. The second kappa shape index (κ2) is 7.40. The number of rotatable bonds is 4. The Kier molecular flexibility index (Phi) is 5.55. The molecule has 1 aromatic heterocycles. The summed E-state index contributed by atoms with van der Waals surface area (Å²) in [5.41, 5.74) is 1.00. The summed E-state index contributed by atoms with van der Waals surface area (Å²) in [6, 6.07) is 0.160. The number of piperidine rings is 1. The summed E-state index contributed by atoms with van der Waals surface area (Å²) in [6.45, 7) is 4.94. The zero-order valence-electron chi connectivity index (χ0n) is 12.3. The average molecular weight is 308 g/mol. The van der Waals surface area contributed by atoms with Crippen LogP contribution in [0.1, 0.15) is 25.3 Å². The van der Waals surface area contributed by atoms with Crippen LogP contribution in [0.5, 0.6) is 0 Å². The van der Waals surface area contributed by atoms with Crippen molar-refractivity contribution >= 4 is 23.6 Å². The van der Waals surface area contributed by atoms with Crippen molar-refractivity contribution in [2.24, 2.45) is 0 Å². The van der Waals surface area contributed by atoms with Gasteiger partial charge in [0, 0.05) is 38.4 Å². The maximum absolute atomic E-state index is 11.9. The lowest BCUT2D eigenvalue weighted by Gasteiger charge is -2.31. The Morgan fingerprint density at radius 1 is 1.33 bits per heavy atom. The number of likely N-dealkylation sites (tertiary alicyclic amines) is 1. The molecule has 1 fully saturated rings. The smallest absolute Gasteiger partial charge is 0.230 e. The van der Waals surface area contributed by atoms with E-state index in [0.717, 1.165) is 18.4 Å². The first-order valence-electron chi connectivity index (χ1n) is 7.01. The maximum Gasteiger partial charge on any atom is 0.230 e. The van der Waals surface area contributed by atoms with Gasteiger partial charge in [0.25, 0.3) is 0 Å². The number of hydrogen-bond donors (Lipinski definition) is 1. The molecule has 6 nitrogen and oxygen atoms in total. The van der Waals surface area contributed by atoms with E-state index in [0.29, 0.717) is 24.0 Å². The van der Waals surface area contributed by atoms with Crippen LogP contribution in [0.4, 0.5) is 0 Å². The second-order valence-corrected chi connectivity index (χ2v) is 6.12. The topological polar surface area (TPSA) is 75.2 Å². The molecule has 21 heavy (non-hydrogen) atoms. The molecular weight excluding hydrogens is 288 g/mol. The third-order valence-corrected chi connectivity index (χ3v) is 4.27. The number of aryl methyl sites for hydroxylation is 1. The minimum Gasteiger partial charge on any atom is -0.353 e. The highest BCUT2D eigenvalue weighted by atomic mass is 32.2. The molecule has 0 aromatic carbocycles. The first-order chi connectivity index (χ1) is 10.0. The Balaban J connectivity index is 1.70. The fourth-order valence-electron chi connectivity index (χ4n) is 2.19. The first kappa shape index (κ1) is 15.8. The number of aromatic nitrogens is 2. The van der Waals surface area contributed by atoms with Crippen LogP contribution in [0.2, 0.25) is 0 Å². The third-order valence-electron chi connectivity index (χ3n) is 3.40. The molecule has 2 heterocycles. The van der Waals surface area contributed by atoms with E-state index in [2.05, 4.69) is 15.3 Å². The van der Waals surface area contributed by atoms with Crippen molar-refractivity contribution in [3.05, 3.63) is 18.0 Å². The van der Waals surface area contributed by atoms with E-state index < -0.39 is 0 Å². The Bertz CT molecular complexity index is 498. The SMILES string of the molecule is CC(=O)N1CCC(NC(=O)CSc2ncc(C)cn2)CC1. The molecule has 0 bridgehead atoms. The predicted molar refractivity (Wildman–Crippen MR) is 80.9 cm³/mol. The van der Waals surface area contributed by atoms with Crippen LogP contribution in [0.25, 0.3) is 0 Å². The maximum atomic E-state index is 11.9. The monoisotopic (exact) mass is 308 g/mol. The Morgan fingerprint density at radius 3 is 2.52 bits per heavy atom. The first-order valence-corrected chi connectivity index (χ1v) is 7.99. The van der Waals surface area contributed by atoms with Gasteiger partial charge in [-0.1, -0.05) is 11.8 Å². The minimum atomic E-state index is -0.00884. The number of hydrogen-bond acceptors (Lipinski definition) is 5. The average Bonchev–Trinajstić information content (AvgIpc) is 2.47. The lowest BCUT2D eigenvalue weighted by Crippen LogP contribution is -2.46. The van der Waals surface area contributed by atoms with Crippen molar-refractivity contribution in [3.63, 3.8) is 0 Å². The van der Waals surface area contributed by atoms with Crippen LogP contribution in [0, 0.1) is 6.92 Å². The van der Waals surface area contributed by atoms with Gasteiger partial charge in [-0.15, -0.1) is 0 Å². The lowest BCUT2D eigenvalue weighted by atomic mass is 10.1. The Hall–Kier alpha value is -1.63. The van der Waals surface area contributed by atoms with Gasteiger partial charge in [-0.25, -0.2) is 9.97 Å². The van der Waals surface area contributed by atoms with Crippen molar-refractivity contribution < 1.29 is 9.59 Å². The number of thioether (sulfide) groups is 1. The molecule has 1 aliphatic heterocycles. The van der Waals surface area contributed by atoms with Gasteiger partial charge in [0.2, 0.25) is 11.8 Å². The Labute approximate surface area is 128 Å². The van der Waals surface area contributed by atoms with Crippen LogP contribution in [0.3, 0.4) is 0 Å². The van der Waals surface area contributed by atoms with Gasteiger partial charge in [0.15, 0.2) is 5.16 Å². The quantitative estimate of drug-likeness (QED) is 0.663. The highest BCUT2D eigenvalue weighted by molar-refractivity contribution is 7.99. The van der Waals surface area contributed by atoms with Crippen molar-refractivity contribution in [3.8, 4) is 0 Å². The van der Waals surface area contributed by atoms with Crippen molar-refractivity contribution in [2.75, 3.05) is 18.8 Å². The van der Waals surface area contributed by atoms with E-state index in [-0.39, 0.29) is 17.9 Å². The van der Waals surface area contributed by atoms with E-state index in [9.17, 15) is 9.59 Å². The van der Waals surface area contributed by atoms with Gasteiger partial charge in [-0.2, -0.15) is 0 Å².